The van der Waals surface area contributed by atoms with Crippen LogP contribution in [0.3, 0.4) is 0 Å². The summed E-state index contributed by atoms with van der Waals surface area (Å²) < 4.78 is 57.5. The largest absolute Gasteiger partial charge is 0.444 e. The van der Waals surface area contributed by atoms with E-state index in [1.165, 1.54) is 13.0 Å². The van der Waals surface area contributed by atoms with Gasteiger partial charge in [-0.2, -0.15) is 13.2 Å². The molecule has 2 rings (SSSR count). The Kier molecular flexibility index (Phi) is 4.60. The van der Waals surface area contributed by atoms with Gasteiger partial charge in [-0.25, -0.2) is 4.39 Å². The molecule has 1 unspecified atom stereocenters. The molecule has 118 valence electrons. The highest BCUT2D eigenvalue weighted by Gasteiger charge is 2.42. The molecule has 0 bridgehead atoms. The van der Waals surface area contributed by atoms with Gasteiger partial charge in [0.1, 0.15) is 5.82 Å². The summed E-state index contributed by atoms with van der Waals surface area (Å²) in [5.41, 5.74) is 0.120. The zero-order chi connectivity index (χ0) is 16.5. The lowest BCUT2D eigenvalue weighted by Crippen LogP contribution is -2.38. The normalized spacial score (nSPS) is 13.0. The van der Waals surface area contributed by atoms with E-state index in [-0.39, 0.29) is 16.0 Å². The molecule has 0 saturated heterocycles. The Labute approximate surface area is 131 Å². The number of nitrogens with one attached hydrogen (secondary N) is 1. The molecule has 1 aromatic carbocycles. The zero-order valence-electron chi connectivity index (χ0n) is 11.2. The first kappa shape index (κ1) is 16.5. The molecular formula is C14H10BrF4NO2. The maximum absolute atomic E-state index is 13.1. The molecule has 0 aliphatic rings. The van der Waals surface area contributed by atoms with E-state index < -0.39 is 23.9 Å². The van der Waals surface area contributed by atoms with Gasteiger partial charge in [-0.3, -0.25) is 4.79 Å². The van der Waals surface area contributed by atoms with E-state index in [4.69, 9.17) is 4.42 Å². The minimum atomic E-state index is -4.73. The van der Waals surface area contributed by atoms with E-state index in [2.05, 4.69) is 15.9 Å². The molecule has 0 radical (unpaired) electrons. The van der Waals surface area contributed by atoms with E-state index in [0.29, 0.717) is 5.56 Å². The average Bonchev–Trinajstić information content (AvgIpc) is 2.75. The van der Waals surface area contributed by atoms with Crippen LogP contribution in [0.1, 0.15) is 27.7 Å². The van der Waals surface area contributed by atoms with Crippen molar-refractivity contribution in [2.75, 3.05) is 0 Å². The number of carbonyl (C=O) groups is 1. The van der Waals surface area contributed by atoms with Gasteiger partial charge in [-0.05, 0) is 46.6 Å². The van der Waals surface area contributed by atoms with Crippen LogP contribution in [0.5, 0.6) is 0 Å². The molecule has 1 aromatic heterocycles. The van der Waals surface area contributed by atoms with Gasteiger partial charge in [0, 0.05) is 5.56 Å². The fourth-order valence-corrected chi connectivity index (χ4v) is 2.38. The van der Waals surface area contributed by atoms with Gasteiger partial charge in [0.15, 0.2) is 16.5 Å². The molecule has 3 nitrogen and oxygen atoms in total. The second-order valence-corrected chi connectivity index (χ2v) is 5.34. The highest BCUT2D eigenvalue weighted by molar-refractivity contribution is 9.10. The van der Waals surface area contributed by atoms with E-state index in [9.17, 15) is 22.4 Å². The SMILES string of the molecule is Cc1cc(Br)oc1C(=O)NC(c1ccc(F)cc1)C(F)(F)F. The summed E-state index contributed by atoms with van der Waals surface area (Å²) in [6.07, 6.45) is -4.73. The molecule has 22 heavy (non-hydrogen) atoms. The molecule has 2 aromatic rings. The average molecular weight is 380 g/mol. The van der Waals surface area contributed by atoms with Crippen molar-refractivity contribution in [3.8, 4) is 0 Å². The van der Waals surface area contributed by atoms with Crippen LogP contribution in [0.25, 0.3) is 0 Å². The number of hydrogen-bond acceptors (Lipinski definition) is 2. The molecule has 1 amide bonds. The van der Waals surface area contributed by atoms with Crippen molar-refractivity contribution < 1.29 is 26.8 Å². The third-order valence-corrected chi connectivity index (χ3v) is 3.29. The zero-order valence-corrected chi connectivity index (χ0v) is 12.8. The van der Waals surface area contributed by atoms with Gasteiger partial charge < -0.3 is 9.73 Å². The molecule has 1 heterocycles. The lowest BCUT2D eigenvalue weighted by atomic mass is 10.1. The summed E-state index contributed by atoms with van der Waals surface area (Å²) in [4.78, 5) is 12.0. The number of rotatable bonds is 3. The fourth-order valence-electron chi connectivity index (χ4n) is 1.87. The number of furan rings is 1. The fraction of sp³-hybridized carbons (Fsp3) is 0.214. The van der Waals surface area contributed by atoms with Crippen LogP contribution in [-0.2, 0) is 0 Å². The van der Waals surface area contributed by atoms with Crippen LogP contribution in [0.4, 0.5) is 17.6 Å². The van der Waals surface area contributed by atoms with Crippen LogP contribution in [0.2, 0.25) is 0 Å². The standard InChI is InChI=1S/C14H10BrF4NO2/c1-7-6-10(15)22-11(7)13(21)20-12(14(17,18)19)8-2-4-9(16)5-3-8/h2-6,12H,1H3,(H,20,21). The van der Waals surface area contributed by atoms with Crippen molar-refractivity contribution in [3.05, 3.63) is 57.7 Å². The van der Waals surface area contributed by atoms with Crippen LogP contribution >= 0.6 is 15.9 Å². The molecule has 1 N–H and O–H groups in total. The van der Waals surface area contributed by atoms with Gasteiger partial charge in [0.2, 0.25) is 0 Å². The quantitative estimate of drug-likeness (QED) is 0.796. The lowest BCUT2D eigenvalue weighted by molar-refractivity contribution is -0.155. The maximum atomic E-state index is 13.1. The first-order valence-electron chi connectivity index (χ1n) is 6.07. The van der Waals surface area contributed by atoms with Crippen molar-refractivity contribution >= 4 is 21.8 Å². The smallest absolute Gasteiger partial charge is 0.412 e. The second-order valence-electron chi connectivity index (χ2n) is 4.56. The molecule has 0 fully saturated rings. The Bertz CT molecular complexity index is 679. The molecule has 0 saturated carbocycles. The molecule has 0 aliphatic carbocycles. The number of benzene rings is 1. The van der Waals surface area contributed by atoms with Crippen LogP contribution < -0.4 is 5.32 Å². The molecule has 0 aliphatic heterocycles. The minimum Gasteiger partial charge on any atom is -0.444 e. The van der Waals surface area contributed by atoms with Crippen LogP contribution in [0, 0.1) is 12.7 Å². The summed E-state index contributed by atoms with van der Waals surface area (Å²) in [5, 5.41) is 1.86. The van der Waals surface area contributed by atoms with Crippen molar-refractivity contribution in [1.29, 1.82) is 0 Å². The van der Waals surface area contributed by atoms with Crippen molar-refractivity contribution in [1.82, 2.24) is 5.32 Å². The molecule has 8 heteroatoms. The lowest BCUT2D eigenvalue weighted by Gasteiger charge is -2.21. The third-order valence-electron chi connectivity index (χ3n) is 2.90. The Balaban J connectivity index is 2.30. The monoisotopic (exact) mass is 379 g/mol. The van der Waals surface area contributed by atoms with E-state index in [0.717, 1.165) is 24.3 Å². The highest BCUT2D eigenvalue weighted by Crippen LogP contribution is 2.33. The number of carbonyl (C=O) groups excluding carboxylic acids is 1. The topological polar surface area (TPSA) is 42.2 Å². The van der Waals surface area contributed by atoms with Crippen molar-refractivity contribution in [3.63, 3.8) is 0 Å². The number of alkyl halides is 3. The Morgan fingerprint density at radius 1 is 1.27 bits per heavy atom. The predicted octanol–water partition coefficient (Wildman–Crippen LogP) is 4.52. The van der Waals surface area contributed by atoms with Crippen LogP contribution in [-0.4, -0.2) is 12.1 Å². The molecular weight excluding hydrogens is 370 g/mol. The predicted molar refractivity (Wildman–Crippen MR) is 73.8 cm³/mol. The summed E-state index contributed by atoms with van der Waals surface area (Å²) >= 11 is 3.00. The summed E-state index contributed by atoms with van der Waals surface area (Å²) in [5.74, 6) is -1.89. The maximum Gasteiger partial charge on any atom is 0.412 e. The number of halogens is 5. The van der Waals surface area contributed by atoms with Gasteiger partial charge >= 0.3 is 6.18 Å². The summed E-state index contributed by atoms with van der Waals surface area (Å²) in [6, 6.07) is 2.94. The van der Waals surface area contributed by atoms with Gasteiger partial charge in [-0.1, -0.05) is 12.1 Å². The van der Waals surface area contributed by atoms with Crippen molar-refractivity contribution in [2.24, 2.45) is 0 Å². The van der Waals surface area contributed by atoms with Gasteiger partial charge in [0.05, 0.1) is 0 Å². The van der Waals surface area contributed by atoms with E-state index in [1.807, 2.05) is 5.32 Å². The number of amides is 1. The molecule has 1 atom stereocenters. The first-order chi connectivity index (χ1) is 10.2. The Morgan fingerprint density at radius 3 is 2.32 bits per heavy atom. The van der Waals surface area contributed by atoms with Crippen LogP contribution in [0.15, 0.2) is 39.4 Å². The third kappa shape index (κ3) is 3.68. The Hall–Kier alpha value is -1.83. The van der Waals surface area contributed by atoms with E-state index >= 15 is 0 Å². The van der Waals surface area contributed by atoms with Gasteiger partial charge in [-0.15, -0.1) is 0 Å². The second kappa shape index (κ2) is 6.12. The summed E-state index contributed by atoms with van der Waals surface area (Å²) in [6.45, 7) is 1.53. The first-order valence-corrected chi connectivity index (χ1v) is 6.87. The number of aryl methyl sites for hydroxylation is 1. The van der Waals surface area contributed by atoms with E-state index in [1.54, 1.807) is 0 Å². The number of hydrogen-bond donors (Lipinski definition) is 1. The highest BCUT2D eigenvalue weighted by atomic mass is 79.9. The molecule has 0 spiro atoms. The Morgan fingerprint density at radius 2 is 1.86 bits per heavy atom. The van der Waals surface area contributed by atoms with Gasteiger partial charge in [0.25, 0.3) is 5.91 Å². The van der Waals surface area contributed by atoms with Crippen molar-refractivity contribution in [2.45, 2.75) is 19.1 Å². The summed E-state index contributed by atoms with van der Waals surface area (Å²) in [7, 11) is 0. The minimum absolute atomic E-state index is 0.219.